The summed E-state index contributed by atoms with van der Waals surface area (Å²) in [7, 11) is 0. The van der Waals surface area contributed by atoms with Gasteiger partial charge in [0.05, 0.1) is 11.6 Å². The minimum atomic E-state index is -0.631. The van der Waals surface area contributed by atoms with E-state index in [2.05, 4.69) is 9.80 Å². The van der Waals surface area contributed by atoms with Gasteiger partial charge in [0, 0.05) is 39.3 Å². The minimum absolute atomic E-state index is 0.160. The third-order valence-electron chi connectivity index (χ3n) is 3.77. The van der Waals surface area contributed by atoms with E-state index in [1.807, 2.05) is 32.9 Å². The SMILES string of the molecule is Cc1ccc(C(CN)N2CCN(CC(C)(C)O)CC2)o1. The summed E-state index contributed by atoms with van der Waals surface area (Å²) in [4.78, 5) is 4.68. The van der Waals surface area contributed by atoms with Gasteiger partial charge in [-0.05, 0) is 32.9 Å². The summed E-state index contributed by atoms with van der Waals surface area (Å²) in [6.07, 6.45) is 0. The largest absolute Gasteiger partial charge is 0.465 e. The number of nitrogens with two attached hydrogens (primary N) is 1. The molecular formula is C15H27N3O2. The Kier molecular flexibility index (Phi) is 4.86. The van der Waals surface area contributed by atoms with Crippen LogP contribution in [0.4, 0.5) is 0 Å². The van der Waals surface area contributed by atoms with Gasteiger partial charge in [0.15, 0.2) is 0 Å². The second-order valence-electron chi connectivity index (χ2n) is 6.32. The first-order chi connectivity index (χ1) is 9.39. The molecule has 1 aliphatic rings. The normalized spacial score (nSPS) is 20.2. The smallest absolute Gasteiger partial charge is 0.122 e. The molecule has 0 bridgehead atoms. The zero-order valence-corrected chi connectivity index (χ0v) is 12.8. The van der Waals surface area contributed by atoms with Gasteiger partial charge in [-0.25, -0.2) is 0 Å². The lowest BCUT2D eigenvalue weighted by Crippen LogP contribution is -2.52. The monoisotopic (exact) mass is 281 g/mol. The van der Waals surface area contributed by atoms with E-state index >= 15 is 0 Å². The molecule has 1 fully saturated rings. The van der Waals surface area contributed by atoms with E-state index in [-0.39, 0.29) is 6.04 Å². The Labute approximate surface area is 121 Å². The first-order valence-corrected chi connectivity index (χ1v) is 7.34. The second kappa shape index (κ2) is 6.26. The fourth-order valence-electron chi connectivity index (χ4n) is 2.86. The molecule has 5 heteroatoms. The highest BCUT2D eigenvalue weighted by molar-refractivity contribution is 5.10. The maximum Gasteiger partial charge on any atom is 0.122 e. The van der Waals surface area contributed by atoms with E-state index in [1.54, 1.807) is 0 Å². The van der Waals surface area contributed by atoms with Crippen LogP contribution in [-0.2, 0) is 0 Å². The second-order valence-corrected chi connectivity index (χ2v) is 6.32. The fourth-order valence-corrected chi connectivity index (χ4v) is 2.86. The zero-order valence-electron chi connectivity index (χ0n) is 12.8. The molecule has 2 rings (SSSR count). The van der Waals surface area contributed by atoms with Crippen LogP contribution in [0.3, 0.4) is 0 Å². The Hall–Kier alpha value is -0.880. The molecular weight excluding hydrogens is 254 g/mol. The van der Waals surface area contributed by atoms with Crippen LogP contribution < -0.4 is 5.73 Å². The summed E-state index contributed by atoms with van der Waals surface area (Å²) in [5, 5.41) is 9.88. The van der Waals surface area contributed by atoms with E-state index in [1.165, 1.54) is 0 Å². The van der Waals surface area contributed by atoms with Crippen molar-refractivity contribution < 1.29 is 9.52 Å². The number of rotatable bonds is 5. The van der Waals surface area contributed by atoms with Crippen molar-refractivity contribution in [1.82, 2.24) is 9.80 Å². The van der Waals surface area contributed by atoms with Crippen LogP contribution in [0.1, 0.15) is 31.4 Å². The van der Waals surface area contributed by atoms with Gasteiger partial charge in [0.25, 0.3) is 0 Å². The summed E-state index contributed by atoms with van der Waals surface area (Å²) in [5.74, 6) is 1.89. The Morgan fingerprint density at radius 3 is 2.40 bits per heavy atom. The molecule has 0 aliphatic carbocycles. The van der Waals surface area contributed by atoms with Gasteiger partial charge in [-0.1, -0.05) is 0 Å². The van der Waals surface area contributed by atoms with Gasteiger partial charge in [0.2, 0.25) is 0 Å². The molecule has 5 nitrogen and oxygen atoms in total. The topological polar surface area (TPSA) is 65.9 Å². The van der Waals surface area contributed by atoms with Crippen molar-refractivity contribution in [1.29, 1.82) is 0 Å². The van der Waals surface area contributed by atoms with E-state index in [0.717, 1.165) is 37.7 Å². The number of furan rings is 1. The van der Waals surface area contributed by atoms with E-state index in [4.69, 9.17) is 10.2 Å². The number of β-amino-alcohol motifs (C(OH)–C–C–N with tert-alkyl or cyclic N) is 1. The molecule has 114 valence electrons. The Morgan fingerprint density at radius 1 is 1.30 bits per heavy atom. The summed E-state index contributed by atoms with van der Waals surface area (Å²) >= 11 is 0. The molecule has 1 saturated heterocycles. The number of piperazine rings is 1. The molecule has 0 saturated carbocycles. The van der Waals surface area contributed by atoms with Crippen LogP contribution in [-0.4, -0.2) is 59.8 Å². The van der Waals surface area contributed by atoms with E-state index < -0.39 is 5.60 Å². The van der Waals surface area contributed by atoms with Crippen LogP contribution >= 0.6 is 0 Å². The lowest BCUT2D eigenvalue weighted by molar-refractivity contribution is 0.00953. The molecule has 1 atom stereocenters. The third-order valence-corrected chi connectivity index (χ3v) is 3.77. The maximum atomic E-state index is 9.88. The van der Waals surface area contributed by atoms with E-state index in [0.29, 0.717) is 13.1 Å². The van der Waals surface area contributed by atoms with Gasteiger partial charge in [-0.3, -0.25) is 9.80 Å². The molecule has 0 aromatic carbocycles. The first-order valence-electron chi connectivity index (χ1n) is 7.34. The Bertz CT molecular complexity index is 417. The fraction of sp³-hybridized carbons (Fsp3) is 0.733. The predicted molar refractivity (Wildman–Crippen MR) is 79.6 cm³/mol. The molecule has 20 heavy (non-hydrogen) atoms. The Balaban J connectivity index is 1.92. The maximum absolute atomic E-state index is 9.88. The zero-order chi connectivity index (χ0) is 14.8. The summed E-state index contributed by atoms with van der Waals surface area (Å²) in [6.45, 7) is 10.8. The van der Waals surface area contributed by atoms with Gasteiger partial charge in [0.1, 0.15) is 11.5 Å². The van der Waals surface area contributed by atoms with Crippen LogP contribution in [0.25, 0.3) is 0 Å². The van der Waals surface area contributed by atoms with Crippen molar-refractivity contribution in [3.8, 4) is 0 Å². The number of aryl methyl sites for hydroxylation is 1. The lowest BCUT2D eigenvalue weighted by atomic mass is 10.1. The lowest BCUT2D eigenvalue weighted by Gasteiger charge is -2.40. The predicted octanol–water partition coefficient (Wildman–Crippen LogP) is 0.976. The quantitative estimate of drug-likeness (QED) is 0.842. The number of aliphatic hydroxyl groups is 1. The highest BCUT2D eigenvalue weighted by Gasteiger charge is 2.28. The average molecular weight is 281 g/mol. The van der Waals surface area contributed by atoms with Crippen molar-refractivity contribution in [3.05, 3.63) is 23.7 Å². The van der Waals surface area contributed by atoms with Crippen LogP contribution in [0.5, 0.6) is 0 Å². The molecule has 1 aliphatic heterocycles. The Morgan fingerprint density at radius 2 is 1.95 bits per heavy atom. The van der Waals surface area contributed by atoms with Crippen LogP contribution in [0.2, 0.25) is 0 Å². The molecule has 0 spiro atoms. The summed E-state index contributed by atoms with van der Waals surface area (Å²) in [5.41, 5.74) is 5.29. The van der Waals surface area contributed by atoms with Gasteiger partial charge in [-0.2, -0.15) is 0 Å². The van der Waals surface area contributed by atoms with Crippen LogP contribution in [0.15, 0.2) is 16.5 Å². The molecule has 3 N–H and O–H groups in total. The average Bonchev–Trinajstić information content (AvgIpc) is 2.77. The van der Waals surface area contributed by atoms with Crippen molar-refractivity contribution in [2.75, 3.05) is 39.3 Å². The van der Waals surface area contributed by atoms with E-state index in [9.17, 15) is 5.11 Å². The van der Waals surface area contributed by atoms with Crippen molar-refractivity contribution >= 4 is 0 Å². The van der Waals surface area contributed by atoms with Crippen molar-refractivity contribution in [2.24, 2.45) is 5.73 Å². The number of hydrogen-bond donors (Lipinski definition) is 2. The van der Waals surface area contributed by atoms with Crippen LogP contribution in [0, 0.1) is 6.92 Å². The van der Waals surface area contributed by atoms with Crippen molar-refractivity contribution in [2.45, 2.75) is 32.4 Å². The highest BCUT2D eigenvalue weighted by atomic mass is 16.3. The van der Waals surface area contributed by atoms with Gasteiger partial charge < -0.3 is 15.3 Å². The third kappa shape index (κ3) is 4.06. The molecule has 0 amide bonds. The number of hydrogen-bond acceptors (Lipinski definition) is 5. The summed E-state index contributed by atoms with van der Waals surface area (Å²) < 4.78 is 5.72. The number of nitrogens with zero attached hydrogens (tertiary/aromatic N) is 2. The molecule has 1 unspecified atom stereocenters. The molecule has 0 radical (unpaired) electrons. The highest BCUT2D eigenvalue weighted by Crippen LogP contribution is 2.23. The molecule has 1 aromatic rings. The van der Waals surface area contributed by atoms with Crippen molar-refractivity contribution in [3.63, 3.8) is 0 Å². The summed E-state index contributed by atoms with van der Waals surface area (Å²) in [6, 6.07) is 4.17. The molecule has 2 heterocycles. The van der Waals surface area contributed by atoms with Gasteiger partial charge in [-0.15, -0.1) is 0 Å². The first kappa shape index (κ1) is 15.5. The molecule has 1 aromatic heterocycles. The standard InChI is InChI=1S/C15H27N3O2/c1-12-4-5-14(20-12)13(10-16)18-8-6-17(7-9-18)11-15(2,3)19/h4-5,13,19H,6-11,16H2,1-3H3. The minimum Gasteiger partial charge on any atom is -0.465 e. The van der Waals surface area contributed by atoms with Gasteiger partial charge >= 0.3 is 0 Å².